The van der Waals surface area contributed by atoms with Crippen molar-refractivity contribution in [1.82, 2.24) is 18.9 Å². The van der Waals surface area contributed by atoms with Gasteiger partial charge in [0.25, 0.3) is 10.2 Å². The van der Waals surface area contributed by atoms with Crippen molar-refractivity contribution in [2.24, 2.45) is 0 Å². The van der Waals surface area contributed by atoms with Gasteiger partial charge >= 0.3 is 0 Å². The monoisotopic (exact) mass is 314 g/mol. The Morgan fingerprint density at radius 2 is 2.00 bits per heavy atom. The van der Waals surface area contributed by atoms with Crippen LogP contribution in [0.5, 0.6) is 0 Å². The van der Waals surface area contributed by atoms with Crippen LogP contribution in [0.15, 0.2) is 24.5 Å². The van der Waals surface area contributed by atoms with Gasteiger partial charge in [0, 0.05) is 45.6 Å². The second kappa shape index (κ2) is 8.43. The SMILES string of the molecule is CC(C)NCCCN(C)S(=O)(=O)N(C)Cc1cccnc1. The van der Waals surface area contributed by atoms with E-state index in [2.05, 4.69) is 24.1 Å². The summed E-state index contributed by atoms with van der Waals surface area (Å²) < 4.78 is 27.5. The Hall–Kier alpha value is -1.02. The molecule has 0 bridgehead atoms. The van der Waals surface area contributed by atoms with E-state index in [4.69, 9.17) is 0 Å². The predicted molar refractivity (Wildman–Crippen MR) is 85.0 cm³/mol. The first-order valence-electron chi connectivity index (χ1n) is 7.14. The minimum Gasteiger partial charge on any atom is -0.314 e. The Balaban J connectivity index is 2.50. The van der Waals surface area contributed by atoms with Crippen molar-refractivity contribution < 1.29 is 8.42 Å². The largest absolute Gasteiger partial charge is 0.314 e. The standard InChI is InChI=1S/C14H26N4O2S/c1-13(2)16-9-6-10-17(3)21(19,20)18(4)12-14-7-5-8-15-11-14/h5,7-8,11,13,16H,6,9-10,12H2,1-4H3. The van der Waals surface area contributed by atoms with Crippen LogP contribution in [-0.4, -0.2) is 55.2 Å². The maximum absolute atomic E-state index is 12.4. The molecule has 0 aliphatic rings. The molecule has 0 amide bonds. The maximum Gasteiger partial charge on any atom is 0.281 e. The van der Waals surface area contributed by atoms with Gasteiger partial charge in [0.05, 0.1) is 0 Å². The van der Waals surface area contributed by atoms with Crippen molar-refractivity contribution >= 4 is 10.2 Å². The fourth-order valence-corrected chi connectivity index (χ4v) is 3.02. The zero-order chi connectivity index (χ0) is 15.9. The molecule has 6 nitrogen and oxygen atoms in total. The lowest BCUT2D eigenvalue weighted by Crippen LogP contribution is -2.40. The number of hydrogen-bond acceptors (Lipinski definition) is 4. The Labute approximate surface area is 128 Å². The molecule has 0 aliphatic heterocycles. The molecule has 1 N–H and O–H groups in total. The van der Waals surface area contributed by atoms with Crippen molar-refractivity contribution in [3.05, 3.63) is 30.1 Å². The summed E-state index contributed by atoms with van der Waals surface area (Å²) in [6, 6.07) is 4.09. The molecular weight excluding hydrogens is 288 g/mol. The quantitative estimate of drug-likeness (QED) is 0.693. The van der Waals surface area contributed by atoms with E-state index in [1.807, 2.05) is 6.07 Å². The molecule has 0 spiro atoms. The van der Waals surface area contributed by atoms with Gasteiger partial charge in [-0.15, -0.1) is 0 Å². The minimum atomic E-state index is -3.43. The van der Waals surface area contributed by atoms with E-state index in [1.165, 1.54) is 8.61 Å². The first-order valence-corrected chi connectivity index (χ1v) is 8.53. The number of aromatic nitrogens is 1. The van der Waals surface area contributed by atoms with Gasteiger partial charge in [-0.3, -0.25) is 4.98 Å². The van der Waals surface area contributed by atoms with Gasteiger partial charge in [0.2, 0.25) is 0 Å². The van der Waals surface area contributed by atoms with E-state index >= 15 is 0 Å². The highest BCUT2D eigenvalue weighted by Gasteiger charge is 2.23. The summed E-state index contributed by atoms with van der Waals surface area (Å²) in [5.41, 5.74) is 0.874. The van der Waals surface area contributed by atoms with Crippen LogP contribution in [0.25, 0.3) is 0 Å². The van der Waals surface area contributed by atoms with Gasteiger partial charge in [-0.2, -0.15) is 17.0 Å². The Morgan fingerprint density at radius 3 is 2.57 bits per heavy atom. The van der Waals surface area contributed by atoms with Crippen LogP contribution in [-0.2, 0) is 16.8 Å². The number of rotatable bonds is 9. The molecule has 0 unspecified atom stereocenters. The van der Waals surface area contributed by atoms with Crippen LogP contribution in [0.1, 0.15) is 25.8 Å². The van der Waals surface area contributed by atoms with Crippen molar-refractivity contribution in [2.45, 2.75) is 32.9 Å². The lowest BCUT2D eigenvalue weighted by atomic mass is 10.3. The fraction of sp³-hybridized carbons (Fsp3) is 0.643. The summed E-state index contributed by atoms with van der Waals surface area (Å²) in [4.78, 5) is 4.00. The van der Waals surface area contributed by atoms with Crippen molar-refractivity contribution in [3.8, 4) is 0 Å². The Morgan fingerprint density at radius 1 is 1.29 bits per heavy atom. The molecule has 7 heteroatoms. The molecule has 0 fully saturated rings. The third-order valence-corrected chi connectivity index (χ3v) is 5.01. The van der Waals surface area contributed by atoms with E-state index in [0.29, 0.717) is 19.1 Å². The van der Waals surface area contributed by atoms with E-state index in [9.17, 15) is 8.42 Å². The highest BCUT2D eigenvalue weighted by molar-refractivity contribution is 7.86. The molecule has 21 heavy (non-hydrogen) atoms. The number of nitrogens with zero attached hydrogens (tertiary/aromatic N) is 3. The molecule has 1 heterocycles. The van der Waals surface area contributed by atoms with Gasteiger partial charge in [0.1, 0.15) is 0 Å². The molecular formula is C14H26N4O2S. The van der Waals surface area contributed by atoms with Crippen LogP contribution in [0, 0.1) is 0 Å². The summed E-state index contributed by atoms with van der Waals surface area (Å²) in [7, 11) is -0.223. The van der Waals surface area contributed by atoms with Gasteiger partial charge in [-0.1, -0.05) is 19.9 Å². The van der Waals surface area contributed by atoms with Crippen LogP contribution in [0.4, 0.5) is 0 Å². The summed E-state index contributed by atoms with van der Waals surface area (Å²) >= 11 is 0. The smallest absolute Gasteiger partial charge is 0.281 e. The van der Waals surface area contributed by atoms with Gasteiger partial charge in [-0.25, -0.2) is 0 Å². The van der Waals surface area contributed by atoms with Gasteiger partial charge in [0.15, 0.2) is 0 Å². The average Bonchev–Trinajstić information content (AvgIpc) is 2.44. The van der Waals surface area contributed by atoms with Crippen molar-refractivity contribution in [1.29, 1.82) is 0 Å². The Bertz CT molecular complexity index is 505. The van der Waals surface area contributed by atoms with Crippen LogP contribution in [0.2, 0.25) is 0 Å². The molecule has 0 saturated heterocycles. The minimum absolute atomic E-state index is 0.324. The van der Waals surface area contributed by atoms with Crippen LogP contribution < -0.4 is 5.32 Å². The molecule has 0 aliphatic carbocycles. The first kappa shape index (κ1) is 18.0. The molecule has 1 aromatic heterocycles. The van der Waals surface area contributed by atoms with Crippen LogP contribution in [0.3, 0.4) is 0 Å². The third kappa shape index (κ3) is 6.09. The second-order valence-corrected chi connectivity index (χ2v) is 7.55. The molecule has 1 aromatic rings. The van der Waals surface area contributed by atoms with Gasteiger partial charge in [-0.05, 0) is 24.6 Å². The fourth-order valence-electron chi connectivity index (χ4n) is 1.88. The average molecular weight is 314 g/mol. The number of nitrogens with one attached hydrogen (secondary N) is 1. The summed E-state index contributed by atoms with van der Waals surface area (Å²) in [6.07, 6.45) is 4.14. The zero-order valence-corrected chi connectivity index (χ0v) is 14.1. The molecule has 1 rings (SSSR count). The van der Waals surface area contributed by atoms with E-state index in [-0.39, 0.29) is 0 Å². The van der Waals surface area contributed by atoms with Crippen molar-refractivity contribution in [3.63, 3.8) is 0 Å². The second-order valence-electron chi connectivity index (χ2n) is 5.41. The summed E-state index contributed by atoms with van der Waals surface area (Å²) in [5.74, 6) is 0. The first-order chi connectivity index (χ1) is 9.84. The molecule has 0 radical (unpaired) electrons. The van der Waals surface area contributed by atoms with Crippen LogP contribution >= 0.6 is 0 Å². The molecule has 0 atom stereocenters. The van der Waals surface area contributed by atoms with E-state index in [0.717, 1.165) is 18.5 Å². The Kier molecular flexibility index (Phi) is 7.24. The summed E-state index contributed by atoms with van der Waals surface area (Å²) in [6.45, 7) is 5.78. The highest BCUT2D eigenvalue weighted by Crippen LogP contribution is 2.09. The predicted octanol–water partition coefficient (Wildman–Crippen LogP) is 1.08. The summed E-state index contributed by atoms with van der Waals surface area (Å²) in [5, 5.41) is 3.28. The maximum atomic E-state index is 12.4. The van der Waals surface area contributed by atoms with Gasteiger partial charge < -0.3 is 5.32 Å². The lowest BCUT2D eigenvalue weighted by molar-refractivity contribution is 0.382. The molecule has 0 saturated carbocycles. The topological polar surface area (TPSA) is 65.5 Å². The third-order valence-electron chi connectivity index (χ3n) is 3.12. The van der Waals surface area contributed by atoms with E-state index < -0.39 is 10.2 Å². The highest BCUT2D eigenvalue weighted by atomic mass is 32.2. The van der Waals surface area contributed by atoms with E-state index in [1.54, 1.807) is 32.6 Å². The normalized spacial score (nSPS) is 12.5. The number of hydrogen-bond donors (Lipinski definition) is 1. The lowest BCUT2D eigenvalue weighted by Gasteiger charge is -2.24. The zero-order valence-electron chi connectivity index (χ0n) is 13.3. The number of pyridine rings is 1. The van der Waals surface area contributed by atoms with Crippen molar-refractivity contribution in [2.75, 3.05) is 27.2 Å². The molecule has 0 aromatic carbocycles. The molecule has 120 valence electrons.